The first-order valence-corrected chi connectivity index (χ1v) is 7.51. The van der Waals surface area contributed by atoms with E-state index in [0.717, 1.165) is 22.9 Å². The Morgan fingerprint density at radius 3 is 2.74 bits per heavy atom. The first-order chi connectivity index (χ1) is 9.13. The van der Waals surface area contributed by atoms with Crippen molar-refractivity contribution in [3.8, 4) is 0 Å². The second-order valence-electron chi connectivity index (χ2n) is 4.89. The SMILES string of the molecule is CCC(NC)c1nnc(Cc2cc(C)ccc2C)s1. The fourth-order valence-electron chi connectivity index (χ4n) is 2.13. The summed E-state index contributed by atoms with van der Waals surface area (Å²) in [5, 5.41) is 14.1. The van der Waals surface area contributed by atoms with Crippen molar-refractivity contribution >= 4 is 11.3 Å². The van der Waals surface area contributed by atoms with Crippen LogP contribution in [0.5, 0.6) is 0 Å². The molecule has 1 unspecified atom stereocenters. The summed E-state index contributed by atoms with van der Waals surface area (Å²) in [5.41, 5.74) is 3.97. The average molecular weight is 275 g/mol. The van der Waals surface area contributed by atoms with Crippen molar-refractivity contribution in [2.24, 2.45) is 0 Å². The van der Waals surface area contributed by atoms with E-state index in [1.807, 2.05) is 7.05 Å². The number of aromatic nitrogens is 2. The highest BCUT2D eigenvalue weighted by Gasteiger charge is 2.13. The lowest BCUT2D eigenvalue weighted by Gasteiger charge is -2.08. The molecule has 0 saturated heterocycles. The Labute approximate surface area is 119 Å². The van der Waals surface area contributed by atoms with Crippen molar-refractivity contribution in [2.45, 2.75) is 39.7 Å². The third-order valence-corrected chi connectivity index (χ3v) is 4.42. The van der Waals surface area contributed by atoms with Gasteiger partial charge in [0.1, 0.15) is 10.0 Å². The highest BCUT2D eigenvalue weighted by atomic mass is 32.1. The van der Waals surface area contributed by atoms with Crippen molar-refractivity contribution in [3.05, 3.63) is 44.9 Å². The fraction of sp³-hybridized carbons (Fsp3) is 0.467. The molecule has 1 heterocycles. The minimum Gasteiger partial charge on any atom is -0.311 e. The van der Waals surface area contributed by atoms with E-state index in [4.69, 9.17) is 0 Å². The van der Waals surface area contributed by atoms with Crippen molar-refractivity contribution in [2.75, 3.05) is 7.05 Å². The summed E-state index contributed by atoms with van der Waals surface area (Å²) in [7, 11) is 1.97. The maximum absolute atomic E-state index is 4.33. The molecule has 3 nitrogen and oxygen atoms in total. The molecule has 0 saturated carbocycles. The predicted octanol–water partition coefficient (Wildman–Crippen LogP) is 3.42. The monoisotopic (exact) mass is 275 g/mol. The third-order valence-electron chi connectivity index (χ3n) is 3.38. The normalized spacial score (nSPS) is 12.6. The van der Waals surface area contributed by atoms with Crippen LogP contribution in [0.1, 0.15) is 46.1 Å². The number of nitrogens with zero attached hydrogens (tertiary/aromatic N) is 2. The van der Waals surface area contributed by atoms with Crippen LogP contribution in [0, 0.1) is 13.8 Å². The van der Waals surface area contributed by atoms with E-state index in [2.05, 4.69) is 54.5 Å². The highest BCUT2D eigenvalue weighted by molar-refractivity contribution is 7.11. The van der Waals surface area contributed by atoms with Gasteiger partial charge in [-0.05, 0) is 38.4 Å². The second-order valence-corrected chi connectivity index (χ2v) is 5.98. The molecule has 2 aromatic rings. The van der Waals surface area contributed by atoms with Crippen LogP contribution in [0.25, 0.3) is 0 Å². The Morgan fingerprint density at radius 1 is 1.26 bits per heavy atom. The number of aryl methyl sites for hydroxylation is 2. The molecule has 0 fully saturated rings. The first-order valence-electron chi connectivity index (χ1n) is 6.69. The zero-order chi connectivity index (χ0) is 13.8. The molecule has 0 aliphatic rings. The number of nitrogens with one attached hydrogen (secondary N) is 1. The Balaban J connectivity index is 2.18. The van der Waals surface area contributed by atoms with Crippen molar-refractivity contribution < 1.29 is 0 Å². The molecule has 4 heteroatoms. The quantitative estimate of drug-likeness (QED) is 0.908. The van der Waals surface area contributed by atoms with E-state index >= 15 is 0 Å². The van der Waals surface area contributed by atoms with Crippen LogP contribution in [-0.4, -0.2) is 17.2 Å². The van der Waals surface area contributed by atoms with E-state index in [-0.39, 0.29) is 0 Å². The molecule has 102 valence electrons. The van der Waals surface area contributed by atoms with Gasteiger partial charge in [0.15, 0.2) is 0 Å². The minimum atomic E-state index is 0.324. The molecular weight excluding hydrogens is 254 g/mol. The first kappa shape index (κ1) is 14.2. The Bertz CT molecular complexity index is 544. The number of hydrogen-bond donors (Lipinski definition) is 1. The van der Waals surface area contributed by atoms with Gasteiger partial charge in [-0.1, -0.05) is 42.0 Å². The number of rotatable bonds is 5. The molecule has 0 aliphatic carbocycles. The van der Waals surface area contributed by atoms with Gasteiger partial charge in [-0.3, -0.25) is 0 Å². The van der Waals surface area contributed by atoms with Crippen LogP contribution in [0.15, 0.2) is 18.2 Å². The summed E-state index contributed by atoms with van der Waals surface area (Å²) in [4.78, 5) is 0. The van der Waals surface area contributed by atoms with Gasteiger partial charge in [0.25, 0.3) is 0 Å². The molecule has 0 spiro atoms. The van der Waals surface area contributed by atoms with Gasteiger partial charge in [0, 0.05) is 6.42 Å². The minimum absolute atomic E-state index is 0.324. The maximum atomic E-state index is 4.33. The average Bonchev–Trinajstić information content (AvgIpc) is 2.84. The zero-order valence-corrected chi connectivity index (χ0v) is 12.8. The largest absolute Gasteiger partial charge is 0.311 e. The number of benzene rings is 1. The standard InChI is InChI=1S/C15H21N3S/c1-5-13(16-4)15-18-17-14(19-15)9-12-8-10(2)6-7-11(12)3/h6-8,13,16H,5,9H2,1-4H3. The molecule has 1 atom stereocenters. The molecule has 0 amide bonds. The van der Waals surface area contributed by atoms with E-state index < -0.39 is 0 Å². The van der Waals surface area contributed by atoms with Crippen LogP contribution < -0.4 is 5.32 Å². The Morgan fingerprint density at radius 2 is 2.05 bits per heavy atom. The maximum Gasteiger partial charge on any atom is 0.134 e. The summed E-state index contributed by atoms with van der Waals surface area (Å²) in [5.74, 6) is 0. The molecule has 0 radical (unpaired) electrons. The van der Waals surface area contributed by atoms with Gasteiger partial charge in [0.2, 0.25) is 0 Å². The second kappa shape index (κ2) is 6.26. The molecule has 1 N–H and O–H groups in total. The molecular formula is C15H21N3S. The summed E-state index contributed by atoms with van der Waals surface area (Å²) in [6, 6.07) is 6.89. The van der Waals surface area contributed by atoms with Crippen molar-refractivity contribution in [1.29, 1.82) is 0 Å². The zero-order valence-electron chi connectivity index (χ0n) is 12.0. The van der Waals surface area contributed by atoms with Crippen molar-refractivity contribution in [1.82, 2.24) is 15.5 Å². The lowest BCUT2D eigenvalue weighted by molar-refractivity contribution is 0.568. The number of hydrogen-bond acceptors (Lipinski definition) is 4. The van der Waals surface area contributed by atoms with Gasteiger partial charge in [-0.15, -0.1) is 10.2 Å². The molecule has 2 rings (SSSR count). The highest BCUT2D eigenvalue weighted by Crippen LogP contribution is 2.23. The van der Waals surface area contributed by atoms with Crippen molar-refractivity contribution in [3.63, 3.8) is 0 Å². The Hall–Kier alpha value is -1.26. The predicted molar refractivity (Wildman–Crippen MR) is 80.7 cm³/mol. The molecule has 0 bridgehead atoms. The summed E-state index contributed by atoms with van der Waals surface area (Å²) >= 11 is 1.71. The van der Waals surface area contributed by atoms with E-state index in [1.54, 1.807) is 11.3 Å². The lowest BCUT2D eigenvalue weighted by atomic mass is 10.0. The van der Waals surface area contributed by atoms with Gasteiger partial charge in [-0.2, -0.15) is 0 Å². The van der Waals surface area contributed by atoms with Gasteiger partial charge < -0.3 is 5.32 Å². The fourth-order valence-corrected chi connectivity index (χ4v) is 3.19. The van der Waals surface area contributed by atoms with Crippen LogP contribution in [-0.2, 0) is 6.42 Å². The summed E-state index contributed by atoms with van der Waals surface area (Å²) in [6.45, 7) is 6.44. The van der Waals surface area contributed by atoms with E-state index in [1.165, 1.54) is 16.7 Å². The van der Waals surface area contributed by atoms with E-state index in [0.29, 0.717) is 6.04 Å². The van der Waals surface area contributed by atoms with Gasteiger partial charge >= 0.3 is 0 Å². The van der Waals surface area contributed by atoms with Crippen LogP contribution in [0.2, 0.25) is 0 Å². The van der Waals surface area contributed by atoms with E-state index in [9.17, 15) is 0 Å². The summed E-state index contributed by atoms with van der Waals surface area (Å²) in [6.07, 6.45) is 1.92. The smallest absolute Gasteiger partial charge is 0.134 e. The molecule has 1 aromatic carbocycles. The van der Waals surface area contributed by atoms with Gasteiger partial charge in [0.05, 0.1) is 6.04 Å². The summed E-state index contributed by atoms with van der Waals surface area (Å²) < 4.78 is 0. The van der Waals surface area contributed by atoms with Crippen LogP contribution in [0.3, 0.4) is 0 Å². The lowest BCUT2D eigenvalue weighted by Crippen LogP contribution is -2.14. The Kier molecular flexibility index (Phi) is 4.66. The third kappa shape index (κ3) is 3.39. The van der Waals surface area contributed by atoms with Gasteiger partial charge in [-0.25, -0.2) is 0 Å². The topological polar surface area (TPSA) is 37.8 Å². The molecule has 19 heavy (non-hydrogen) atoms. The van der Waals surface area contributed by atoms with Crippen LogP contribution >= 0.6 is 11.3 Å². The van der Waals surface area contributed by atoms with Crippen LogP contribution in [0.4, 0.5) is 0 Å². The molecule has 1 aromatic heterocycles. The molecule has 0 aliphatic heterocycles.